The zero-order chi connectivity index (χ0) is 11.1. The van der Waals surface area contributed by atoms with Gasteiger partial charge in [-0.25, -0.2) is 0 Å². The van der Waals surface area contributed by atoms with Gasteiger partial charge in [0.15, 0.2) is 0 Å². The van der Waals surface area contributed by atoms with E-state index in [0.717, 1.165) is 0 Å². The van der Waals surface area contributed by atoms with E-state index >= 15 is 0 Å². The molecule has 0 radical (unpaired) electrons. The van der Waals surface area contributed by atoms with Crippen molar-refractivity contribution in [3.05, 3.63) is 66.2 Å². The molecule has 0 amide bonds. The standard InChI is InChI=1S/C15H16Se/c1-3-8-14(9-4-1)10-7-13-16-15-11-5-2-6-12-15/h1-6,8-9,11-12H,7,10,13H2. The van der Waals surface area contributed by atoms with E-state index in [-0.39, 0.29) is 0 Å². The van der Waals surface area contributed by atoms with Crippen molar-refractivity contribution in [2.75, 3.05) is 0 Å². The molecule has 0 nitrogen and oxygen atoms in total. The van der Waals surface area contributed by atoms with Crippen LogP contribution < -0.4 is 4.46 Å². The third-order valence-corrected chi connectivity index (χ3v) is 4.77. The second-order valence-electron chi connectivity index (χ2n) is 3.75. The quantitative estimate of drug-likeness (QED) is 0.581. The van der Waals surface area contributed by atoms with Crippen molar-refractivity contribution >= 4 is 19.4 Å². The molecule has 0 heterocycles. The van der Waals surface area contributed by atoms with Crippen LogP contribution in [-0.2, 0) is 6.42 Å². The second-order valence-corrected chi connectivity index (χ2v) is 6.20. The molecule has 2 rings (SSSR count). The van der Waals surface area contributed by atoms with Crippen LogP contribution in [0.2, 0.25) is 5.32 Å². The van der Waals surface area contributed by atoms with Gasteiger partial charge in [0, 0.05) is 0 Å². The number of rotatable bonds is 5. The van der Waals surface area contributed by atoms with Crippen molar-refractivity contribution in [3.63, 3.8) is 0 Å². The van der Waals surface area contributed by atoms with Crippen LogP contribution >= 0.6 is 0 Å². The van der Waals surface area contributed by atoms with E-state index in [1.165, 1.54) is 28.2 Å². The normalized spacial score (nSPS) is 10.2. The van der Waals surface area contributed by atoms with Gasteiger partial charge in [-0.3, -0.25) is 0 Å². The molecule has 0 spiro atoms. The van der Waals surface area contributed by atoms with Gasteiger partial charge in [0.05, 0.1) is 0 Å². The zero-order valence-electron chi connectivity index (χ0n) is 9.30. The van der Waals surface area contributed by atoms with E-state index in [9.17, 15) is 0 Å². The van der Waals surface area contributed by atoms with Crippen LogP contribution in [0.4, 0.5) is 0 Å². The van der Waals surface area contributed by atoms with Gasteiger partial charge in [-0.2, -0.15) is 0 Å². The Kier molecular flexibility index (Phi) is 4.67. The van der Waals surface area contributed by atoms with Crippen LogP contribution in [0.3, 0.4) is 0 Å². The van der Waals surface area contributed by atoms with Gasteiger partial charge in [0.2, 0.25) is 0 Å². The summed E-state index contributed by atoms with van der Waals surface area (Å²) >= 11 is 0.649. The number of hydrogen-bond donors (Lipinski definition) is 0. The number of benzene rings is 2. The molecule has 0 unspecified atom stereocenters. The van der Waals surface area contributed by atoms with E-state index in [1.54, 1.807) is 0 Å². The molecule has 0 aromatic heterocycles. The monoisotopic (exact) mass is 276 g/mol. The van der Waals surface area contributed by atoms with Crippen molar-refractivity contribution in [3.8, 4) is 0 Å². The molecule has 0 aliphatic rings. The van der Waals surface area contributed by atoms with Gasteiger partial charge in [0.1, 0.15) is 0 Å². The summed E-state index contributed by atoms with van der Waals surface area (Å²) in [6.45, 7) is 0. The molecule has 2 aromatic rings. The van der Waals surface area contributed by atoms with Crippen LogP contribution in [-0.4, -0.2) is 15.0 Å². The molecule has 0 fully saturated rings. The van der Waals surface area contributed by atoms with Gasteiger partial charge in [0.25, 0.3) is 0 Å². The molecule has 0 aliphatic carbocycles. The Labute approximate surface area is 104 Å². The fraction of sp³-hybridized carbons (Fsp3) is 0.200. The third-order valence-electron chi connectivity index (χ3n) is 2.46. The van der Waals surface area contributed by atoms with Crippen molar-refractivity contribution in [2.24, 2.45) is 0 Å². The summed E-state index contributed by atoms with van der Waals surface area (Å²) < 4.78 is 1.52. The number of aryl methyl sites for hydroxylation is 1. The molecule has 16 heavy (non-hydrogen) atoms. The zero-order valence-corrected chi connectivity index (χ0v) is 11.0. The SMILES string of the molecule is c1ccc(CCC[Se]c2ccccc2)cc1. The molecule has 0 saturated heterocycles. The summed E-state index contributed by atoms with van der Waals surface area (Å²) in [5.74, 6) is 0. The van der Waals surface area contributed by atoms with E-state index in [2.05, 4.69) is 60.7 Å². The Balaban J connectivity index is 1.70. The third kappa shape index (κ3) is 3.84. The predicted octanol–water partition coefficient (Wildman–Crippen LogP) is 3.07. The van der Waals surface area contributed by atoms with Gasteiger partial charge in [-0.05, 0) is 0 Å². The van der Waals surface area contributed by atoms with Crippen LogP contribution in [0.15, 0.2) is 60.7 Å². The van der Waals surface area contributed by atoms with Crippen LogP contribution in [0.5, 0.6) is 0 Å². The molecule has 0 N–H and O–H groups in total. The Morgan fingerprint density at radius 2 is 1.38 bits per heavy atom. The first-order chi connectivity index (χ1) is 7.95. The average Bonchev–Trinajstić information content (AvgIpc) is 2.37. The Morgan fingerprint density at radius 1 is 0.750 bits per heavy atom. The van der Waals surface area contributed by atoms with Crippen molar-refractivity contribution in [2.45, 2.75) is 18.2 Å². The van der Waals surface area contributed by atoms with Gasteiger partial charge < -0.3 is 0 Å². The fourth-order valence-electron chi connectivity index (χ4n) is 1.63. The molecule has 82 valence electrons. The Bertz CT molecular complexity index is 353. The molecule has 0 aliphatic heterocycles. The van der Waals surface area contributed by atoms with Crippen molar-refractivity contribution < 1.29 is 0 Å². The summed E-state index contributed by atoms with van der Waals surface area (Å²) in [6.07, 6.45) is 2.52. The van der Waals surface area contributed by atoms with Gasteiger partial charge >= 0.3 is 104 Å². The van der Waals surface area contributed by atoms with Gasteiger partial charge in [-0.15, -0.1) is 0 Å². The van der Waals surface area contributed by atoms with E-state index in [0.29, 0.717) is 15.0 Å². The topological polar surface area (TPSA) is 0 Å². The van der Waals surface area contributed by atoms with Gasteiger partial charge in [-0.1, -0.05) is 0 Å². The predicted molar refractivity (Wildman–Crippen MR) is 71.4 cm³/mol. The second kappa shape index (κ2) is 6.52. The maximum atomic E-state index is 2.24. The molecule has 1 heteroatoms. The van der Waals surface area contributed by atoms with Crippen molar-refractivity contribution in [1.82, 2.24) is 0 Å². The molecule has 0 bridgehead atoms. The molecular weight excluding hydrogens is 259 g/mol. The molecule has 0 saturated carbocycles. The minimum absolute atomic E-state index is 0.649. The first-order valence-corrected chi connectivity index (χ1v) is 7.74. The van der Waals surface area contributed by atoms with Crippen LogP contribution in [0.25, 0.3) is 0 Å². The van der Waals surface area contributed by atoms with E-state index in [1.807, 2.05) is 0 Å². The molecule has 0 atom stereocenters. The Hall–Kier alpha value is -1.04. The molecular formula is C15H16Se. The average molecular weight is 275 g/mol. The Morgan fingerprint density at radius 3 is 2.06 bits per heavy atom. The summed E-state index contributed by atoms with van der Waals surface area (Å²) in [7, 11) is 0. The van der Waals surface area contributed by atoms with E-state index < -0.39 is 0 Å². The summed E-state index contributed by atoms with van der Waals surface area (Å²) in [6, 6.07) is 21.6. The first kappa shape index (κ1) is 11.4. The molecule has 2 aromatic carbocycles. The van der Waals surface area contributed by atoms with Crippen LogP contribution in [0, 0.1) is 0 Å². The fourth-order valence-corrected chi connectivity index (χ4v) is 3.46. The summed E-state index contributed by atoms with van der Waals surface area (Å²) in [5.41, 5.74) is 1.46. The summed E-state index contributed by atoms with van der Waals surface area (Å²) in [5, 5.41) is 1.34. The first-order valence-electron chi connectivity index (χ1n) is 5.67. The summed E-state index contributed by atoms with van der Waals surface area (Å²) in [4.78, 5) is 0. The van der Waals surface area contributed by atoms with Crippen LogP contribution in [0.1, 0.15) is 12.0 Å². The minimum atomic E-state index is 0.649. The number of hydrogen-bond acceptors (Lipinski definition) is 0. The van der Waals surface area contributed by atoms with E-state index in [4.69, 9.17) is 0 Å². The van der Waals surface area contributed by atoms with Crippen molar-refractivity contribution in [1.29, 1.82) is 0 Å². The maximum absolute atomic E-state index is 2.24.